The second kappa shape index (κ2) is 8.46. The van der Waals surface area contributed by atoms with Crippen LogP contribution in [0.4, 0.5) is 11.4 Å². The number of thiazole rings is 1. The molecule has 1 heterocycles. The van der Waals surface area contributed by atoms with Crippen LogP contribution in [-0.4, -0.2) is 23.9 Å². The van der Waals surface area contributed by atoms with Crippen molar-refractivity contribution in [3.05, 3.63) is 59.6 Å². The fraction of sp³-hybridized carbons (Fsp3) is 0.150. The van der Waals surface area contributed by atoms with E-state index in [0.29, 0.717) is 17.1 Å². The van der Waals surface area contributed by atoms with Crippen molar-refractivity contribution in [1.29, 1.82) is 0 Å². The molecule has 0 unspecified atom stereocenters. The lowest BCUT2D eigenvalue weighted by Crippen LogP contribution is -2.14. The molecule has 0 aliphatic heterocycles. The number of hydrogen-bond acceptors (Lipinski definition) is 5. The number of ether oxygens (including phenoxy) is 1. The van der Waals surface area contributed by atoms with Crippen molar-refractivity contribution in [2.75, 3.05) is 17.7 Å². The first-order valence-corrected chi connectivity index (χ1v) is 9.18. The van der Waals surface area contributed by atoms with Gasteiger partial charge in [0, 0.05) is 35.3 Å². The Morgan fingerprint density at radius 2 is 1.85 bits per heavy atom. The lowest BCUT2D eigenvalue weighted by Gasteiger charge is -2.06. The summed E-state index contributed by atoms with van der Waals surface area (Å²) < 4.78 is 5.15. The Kier molecular flexibility index (Phi) is 5.83. The summed E-state index contributed by atoms with van der Waals surface area (Å²) in [6.07, 6.45) is 0.192. The van der Waals surface area contributed by atoms with Crippen LogP contribution in [0.3, 0.4) is 0 Å². The highest BCUT2D eigenvalue weighted by atomic mass is 32.1. The predicted molar refractivity (Wildman–Crippen MR) is 107 cm³/mol. The number of hydrogen-bond donors (Lipinski definition) is 2. The third kappa shape index (κ3) is 5.15. The standard InChI is InChI=1S/C20H19N3O3S/c1-13(24)21-15-8-6-14(7-9-15)20-23-17(12-27-20)11-19(25)22-16-4-3-5-18(10-16)26-2/h3-10,12H,11H2,1-2H3,(H,21,24)(H,22,25). The first kappa shape index (κ1) is 18.6. The average Bonchev–Trinajstić information content (AvgIpc) is 3.10. The summed E-state index contributed by atoms with van der Waals surface area (Å²) >= 11 is 1.48. The zero-order chi connectivity index (χ0) is 19.2. The summed E-state index contributed by atoms with van der Waals surface area (Å²) in [7, 11) is 1.58. The van der Waals surface area contributed by atoms with Crippen LogP contribution in [0.1, 0.15) is 12.6 Å². The molecule has 6 nitrogen and oxygen atoms in total. The Morgan fingerprint density at radius 1 is 1.07 bits per heavy atom. The average molecular weight is 381 g/mol. The molecule has 0 saturated carbocycles. The van der Waals surface area contributed by atoms with Crippen LogP contribution in [0.15, 0.2) is 53.9 Å². The lowest BCUT2D eigenvalue weighted by molar-refractivity contribution is -0.116. The first-order valence-electron chi connectivity index (χ1n) is 8.30. The van der Waals surface area contributed by atoms with E-state index in [4.69, 9.17) is 4.74 Å². The quantitative estimate of drug-likeness (QED) is 0.677. The van der Waals surface area contributed by atoms with Gasteiger partial charge in [0.25, 0.3) is 0 Å². The number of amides is 2. The normalized spacial score (nSPS) is 10.3. The monoisotopic (exact) mass is 381 g/mol. The Bertz CT molecular complexity index is 951. The maximum Gasteiger partial charge on any atom is 0.230 e. The predicted octanol–water partition coefficient (Wildman–Crippen LogP) is 3.96. The molecule has 0 spiro atoms. The topological polar surface area (TPSA) is 80.3 Å². The Labute approximate surface area is 161 Å². The molecule has 3 aromatic rings. The van der Waals surface area contributed by atoms with Gasteiger partial charge in [-0.15, -0.1) is 11.3 Å². The van der Waals surface area contributed by atoms with E-state index >= 15 is 0 Å². The molecule has 7 heteroatoms. The van der Waals surface area contributed by atoms with Crippen molar-refractivity contribution in [3.63, 3.8) is 0 Å². The van der Waals surface area contributed by atoms with Gasteiger partial charge in [-0.2, -0.15) is 0 Å². The van der Waals surface area contributed by atoms with Crippen LogP contribution in [0.2, 0.25) is 0 Å². The largest absolute Gasteiger partial charge is 0.497 e. The molecule has 0 bridgehead atoms. The van der Waals surface area contributed by atoms with Gasteiger partial charge < -0.3 is 15.4 Å². The maximum atomic E-state index is 12.2. The minimum absolute atomic E-state index is 0.110. The highest BCUT2D eigenvalue weighted by Crippen LogP contribution is 2.25. The number of nitrogens with one attached hydrogen (secondary N) is 2. The van der Waals surface area contributed by atoms with Gasteiger partial charge >= 0.3 is 0 Å². The molecule has 3 rings (SSSR count). The molecule has 0 saturated heterocycles. The van der Waals surface area contributed by atoms with E-state index in [9.17, 15) is 9.59 Å². The molecule has 0 radical (unpaired) electrons. The van der Waals surface area contributed by atoms with E-state index in [1.807, 2.05) is 47.8 Å². The van der Waals surface area contributed by atoms with Crippen molar-refractivity contribution >= 4 is 34.5 Å². The van der Waals surface area contributed by atoms with E-state index in [1.54, 1.807) is 13.2 Å². The molecule has 0 aliphatic rings. The molecular weight excluding hydrogens is 362 g/mol. The molecule has 138 valence electrons. The Balaban J connectivity index is 1.63. The second-order valence-electron chi connectivity index (χ2n) is 5.86. The molecule has 1 aromatic heterocycles. The SMILES string of the molecule is COc1cccc(NC(=O)Cc2csc(-c3ccc(NC(C)=O)cc3)n2)c1. The third-order valence-corrected chi connectivity index (χ3v) is 4.64. The molecule has 0 fully saturated rings. The summed E-state index contributed by atoms with van der Waals surface area (Å²) in [6, 6.07) is 14.7. The van der Waals surface area contributed by atoms with E-state index in [-0.39, 0.29) is 18.2 Å². The van der Waals surface area contributed by atoms with Gasteiger partial charge in [0.15, 0.2) is 0 Å². The number of nitrogens with zero attached hydrogens (tertiary/aromatic N) is 1. The van der Waals surface area contributed by atoms with Gasteiger partial charge in [-0.05, 0) is 36.4 Å². The minimum atomic E-state index is -0.138. The van der Waals surface area contributed by atoms with Crippen LogP contribution in [0.25, 0.3) is 10.6 Å². The van der Waals surface area contributed by atoms with Gasteiger partial charge in [0.05, 0.1) is 19.2 Å². The highest BCUT2D eigenvalue weighted by molar-refractivity contribution is 7.13. The second-order valence-corrected chi connectivity index (χ2v) is 6.72. The summed E-state index contributed by atoms with van der Waals surface area (Å²) in [5, 5.41) is 8.28. The van der Waals surface area contributed by atoms with E-state index in [2.05, 4.69) is 15.6 Å². The van der Waals surface area contributed by atoms with Gasteiger partial charge in [0.2, 0.25) is 11.8 Å². The highest BCUT2D eigenvalue weighted by Gasteiger charge is 2.10. The lowest BCUT2D eigenvalue weighted by atomic mass is 10.2. The molecule has 2 aromatic carbocycles. The summed E-state index contributed by atoms with van der Waals surface area (Å²) in [4.78, 5) is 27.9. The van der Waals surface area contributed by atoms with Gasteiger partial charge in [-0.1, -0.05) is 6.07 Å². The summed E-state index contributed by atoms with van der Waals surface area (Å²) in [5.41, 5.74) is 3.07. The van der Waals surface area contributed by atoms with Crippen molar-refractivity contribution in [1.82, 2.24) is 4.98 Å². The Hall–Kier alpha value is -3.19. The molecule has 0 atom stereocenters. The number of carbonyl (C=O) groups is 2. The zero-order valence-corrected chi connectivity index (χ0v) is 15.8. The fourth-order valence-corrected chi connectivity index (χ4v) is 3.32. The van der Waals surface area contributed by atoms with Crippen LogP contribution in [-0.2, 0) is 16.0 Å². The van der Waals surface area contributed by atoms with Crippen LogP contribution in [0.5, 0.6) is 5.75 Å². The van der Waals surface area contributed by atoms with Crippen LogP contribution in [0, 0.1) is 0 Å². The van der Waals surface area contributed by atoms with Crippen LogP contribution < -0.4 is 15.4 Å². The third-order valence-electron chi connectivity index (χ3n) is 3.70. The molecule has 0 aliphatic carbocycles. The summed E-state index contributed by atoms with van der Waals surface area (Å²) in [5.74, 6) is 0.439. The van der Waals surface area contributed by atoms with Gasteiger partial charge in [-0.25, -0.2) is 4.98 Å². The van der Waals surface area contributed by atoms with Crippen molar-refractivity contribution in [2.24, 2.45) is 0 Å². The fourth-order valence-electron chi connectivity index (χ4n) is 2.49. The molecule has 2 N–H and O–H groups in total. The number of methoxy groups -OCH3 is 1. The van der Waals surface area contributed by atoms with E-state index in [0.717, 1.165) is 16.3 Å². The first-order chi connectivity index (χ1) is 13.0. The zero-order valence-electron chi connectivity index (χ0n) is 15.0. The summed E-state index contributed by atoms with van der Waals surface area (Å²) in [6.45, 7) is 1.47. The van der Waals surface area contributed by atoms with Crippen LogP contribution >= 0.6 is 11.3 Å². The number of anilines is 2. The molecule has 2 amide bonds. The number of aromatic nitrogens is 1. The van der Waals surface area contributed by atoms with Gasteiger partial charge in [-0.3, -0.25) is 9.59 Å². The van der Waals surface area contributed by atoms with E-state index in [1.165, 1.54) is 18.3 Å². The smallest absolute Gasteiger partial charge is 0.230 e. The number of benzene rings is 2. The van der Waals surface area contributed by atoms with Crippen molar-refractivity contribution in [3.8, 4) is 16.3 Å². The van der Waals surface area contributed by atoms with Crippen molar-refractivity contribution < 1.29 is 14.3 Å². The number of rotatable bonds is 6. The maximum absolute atomic E-state index is 12.2. The van der Waals surface area contributed by atoms with Gasteiger partial charge in [0.1, 0.15) is 10.8 Å². The minimum Gasteiger partial charge on any atom is -0.497 e. The number of carbonyl (C=O) groups excluding carboxylic acids is 2. The Morgan fingerprint density at radius 3 is 2.56 bits per heavy atom. The van der Waals surface area contributed by atoms with Crippen molar-refractivity contribution in [2.45, 2.75) is 13.3 Å². The van der Waals surface area contributed by atoms with E-state index < -0.39 is 0 Å². The molecular formula is C20H19N3O3S. The molecule has 27 heavy (non-hydrogen) atoms.